The van der Waals surface area contributed by atoms with Crippen molar-refractivity contribution in [2.24, 2.45) is 15.9 Å². The van der Waals surface area contributed by atoms with E-state index in [0.29, 0.717) is 0 Å². The van der Waals surface area contributed by atoms with Crippen LogP contribution in [-0.2, 0) is 0 Å². The molecule has 1 unspecified atom stereocenters. The van der Waals surface area contributed by atoms with Crippen LogP contribution in [0.2, 0.25) is 0 Å². The predicted octanol–water partition coefficient (Wildman–Crippen LogP) is 0.208. The molecule has 0 aromatic carbocycles. The summed E-state index contributed by atoms with van der Waals surface area (Å²) in [6.45, 7) is 0. The summed E-state index contributed by atoms with van der Waals surface area (Å²) in [5.74, 6) is 5.67. The highest BCUT2D eigenvalue weighted by Gasteiger charge is 2.36. The maximum atomic E-state index is 5.67. The Hall–Kier alpha value is -0.650. The molecule has 0 amide bonds. The molecule has 0 aromatic heterocycles. The average Bonchev–Trinajstić information content (AvgIpc) is 2.22. The quantitative estimate of drug-likeness (QED) is 0.387. The molecule has 2 aliphatic rings. The second-order valence-corrected chi connectivity index (χ2v) is 2.67. The van der Waals surface area contributed by atoms with Crippen LogP contribution >= 0.6 is 11.8 Å². The standard InChI is InChI=1S/C4H5N4S/c5-8-2-6-1-4(8)9-3-7-8/h1-3H,5H2/q+1. The Bertz CT molecular complexity index is 231. The number of rotatable bonds is 0. The molecule has 0 saturated carbocycles. The lowest BCUT2D eigenvalue weighted by molar-refractivity contribution is -0.801. The van der Waals surface area contributed by atoms with Gasteiger partial charge in [0.1, 0.15) is 11.7 Å². The third kappa shape index (κ3) is 0.562. The summed E-state index contributed by atoms with van der Waals surface area (Å²) in [7, 11) is 0. The molecule has 4 nitrogen and oxygen atoms in total. The van der Waals surface area contributed by atoms with Crippen LogP contribution < -0.4 is 5.84 Å². The molecule has 0 radical (unpaired) electrons. The summed E-state index contributed by atoms with van der Waals surface area (Å²) in [4.78, 5) is 3.87. The summed E-state index contributed by atoms with van der Waals surface area (Å²) in [5, 5.41) is 4.92. The molecule has 2 rings (SSSR count). The maximum absolute atomic E-state index is 5.67. The van der Waals surface area contributed by atoms with Gasteiger partial charge in [0, 0.05) is 0 Å². The van der Waals surface area contributed by atoms with Gasteiger partial charge < -0.3 is 0 Å². The van der Waals surface area contributed by atoms with Crippen molar-refractivity contribution in [1.29, 1.82) is 0 Å². The van der Waals surface area contributed by atoms with Crippen LogP contribution in [0.5, 0.6) is 0 Å². The van der Waals surface area contributed by atoms with Gasteiger partial charge in [-0.05, 0) is 21.6 Å². The zero-order valence-corrected chi connectivity index (χ0v) is 5.38. The highest BCUT2D eigenvalue weighted by molar-refractivity contribution is 8.15. The molecule has 0 bridgehead atoms. The number of aliphatic imine (C=N–C) groups is 1. The molecular weight excluding hydrogens is 136 g/mol. The normalized spacial score (nSPS) is 37.2. The van der Waals surface area contributed by atoms with Gasteiger partial charge in [-0.25, -0.2) is 4.99 Å². The van der Waals surface area contributed by atoms with Gasteiger partial charge in [-0.1, -0.05) is 0 Å². The minimum absolute atomic E-state index is 0.0185. The van der Waals surface area contributed by atoms with Gasteiger partial charge in [0.2, 0.25) is 11.4 Å². The van der Waals surface area contributed by atoms with Gasteiger partial charge in [0.05, 0.1) is 0 Å². The summed E-state index contributed by atoms with van der Waals surface area (Å²) >= 11 is 1.50. The van der Waals surface area contributed by atoms with Crippen LogP contribution in [-0.4, -0.2) is 16.6 Å². The fraction of sp³-hybridized carbons (Fsp3) is 0. The third-order valence-corrected chi connectivity index (χ3v) is 2.03. The van der Waals surface area contributed by atoms with Crippen LogP contribution in [0.4, 0.5) is 0 Å². The Morgan fingerprint density at radius 3 is 3.33 bits per heavy atom. The fourth-order valence-electron chi connectivity index (χ4n) is 0.705. The zero-order valence-electron chi connectivity index (χ0n) is 4.56. The largest absolute Gasteiger partial charge is 0.244 e. The van der Waals surface area contributed by atoms with Crippen molar-refractivity contribution in [2.75, 3.05) is 0 Å². The molecule has 46 valence electrons. The van der Waals surface area contributed by atoms with Gasteiger partial charge >= 0.3 is 0 Å². The number of quaternary nitrogens is 1. The van der Waals surface area contributed by atoms with E-state index in [9.17, 15) is 0 Å². The van der Waals surface area contributed by atoms with E-state index in [1.165, 1.54) is 11.8 Å². The van der Waals surface area contributed by atoms with Crippen molar-refractivity contribution in [3.05, 3.63) is 11.2 Å². The lowest BCUT2D eigenvalue weighted by Gasteiger charge is -2.09. The van der Waals surface area contributed by atoms with Gasteiger partial charge in [0.15, 0.2) is 0 Å². The molecule has 2 N–H and O–H groups in total. The lowest BCUT2D eigenvalue weighted by atomic mass is 10.9. The molecule has 2 aliphatic heterocycles. The zero-order chi connectivity index (χ0) is 6.32. The van der Waals surface area contributed by atoms with E-state index in [1.807, 2.05) is 0 Å². The van der Waals surface area contributed by atoms with Crippen LogP contribution in [0, 0.1) is 0 Å². The van der Waals surface area contributed by atoms with E-state index in [0.717, 1.165) is 5.03 Å². The van der Waals surface area contributed by atoms with Crippen molar-refractivity contribution in [2.45, 2.75) is 0 Å². The van der Waals surface area contributed by atoms with E-state index in [-0.39, 0.29) is 4.70 Å². The second-order valence-electron chi connectivity index (χ2n) is 1.81. The van der Waals surface area contributed by atoms with Gasteiger partial charge in [0.25, 0.3) is 0 Å². The van der Waals surface area contributed by atoms with E-state index >= 15 is 0 Å². The molecule has 9 heavy (non-hydrogen) atoms. The Morgan fingerprint density at radius 2 is 2.56 bits per heavy atom. The molecule has 0 spiro atoms. The van der Waals surface area contributed by atoms with Gasteiger partial charge in [-0.3, -0.25) is 0 Å². The molecular formula is C4H5N4S+. The van der Waals surface area contributed by atoms with Crippen LogP contribution in [0.15, 0.2) is 21.3 Å². The summed E-state index contributed by atoms with van der Waals surface area (Å²) in [6.07, 6.45) is 3.31. The second kappa shape index (κ2) is 1.44. The summed E-state index contributed by atoms with van der Waals surface area (Å²) in [6, 6.07) is 0. The number of hydrogen-bond donors (Lipinski definition) is 1. The van der Waals surface area contributed by atoms with Crippen molar-refractivity contribution >= 4 is 23.6 Å². The van der Waals surface area contributed by atoms with Crippen LogP contribution in [0.1, 0.15) is 0 Å². The SMILES string of the molecule is N[N+]12C=NC=C1SC=N2. The smallest absolute Gasteiger partial charge is 0.201 e. The van der Waals surface area contributed by atoms with Gasteiger partial charge in [-0.2, -0.15) is 0 Å². The Morgan fingerprint density at radius 1 is 1.67 bits per heavy atom. The van der Waals surface area contributed by atoms with Crippen LogP contribution in [0.25, 0.3) is 0 Å². The average molecular weight is 141 g/mol. The Labute approximate surface area is 56.3 Å². The first kappa shape index (κ1) is 5.16. The predicted molar refractivity (Wildman–Crippen MR) is 37.1 cm³/mol. The van der Waals surface area contributed by atoms with Crippen molar-refractivity contribution in [3.63, 3.8) is 0 Å². The monoisotopic (exact) mass is 141 g/mol. The molecule has 0 aromatic rings. The lowest BCUT2D eigenvalue weighted by Crippen LogP contribution is -2.42. The molecule has 5 heteroatoms. The molecule has 0 saturated heterocycles. The number of thioether (sulfide) groups is 1. The summed E-state index contributed by atoms with van der Waals surface area (Å²) < 4.78 is 0.0185. The highest BCUT2D eigenvalue weighted by atomic mass is 32.2. The van der Waals surface area contributed by atoms with Crippen molar-refractivity contribution in [3.8, 4) is 0 Å². The van der Waals surface area contributed by atoms with Crippen molar-refractivity contribution in [1.82, 2.24) is 0 Å². The van der Waals surface area contributed by atoms with Crippen LogP contribution in [0.3, 0.4) is 0 Å². The molecule has 0 aliphatic carbocycles. The Kier molecular flexibility index (Phi) is 0.825. The van der Waals surface area contributed by atoms with Crippen molar-refractivity contribution < 1.29 is 4.70 Å². The third-order valence-electron chi connectivity index (χ3n) is 1.19. The fourth-order valence-corrected chi connectivity index (χ4v) is 1.40. The topological polar surface area (TPSA) is 50.7 Å². The number of nitrogens with two attached hydrogens (primary N) is 1. The number of hydrogen-bond acceptors (Lipinski definition) is 4. The van der Waals surface area contributed by atoms with E-state index in [1.54, 1.807) is 18.1 Å². The van der Waals surface area contributed by atoms with E-state index in [4.69, 9.17) is 5.84 Å². The minimum Gasteiger partial charge on any atom is -0.201 e. The molecule has 1 atom stereocenters. The number of fused-ring (bicyclic) bond motifs is 1. The first-order valence-electron chi connectivity index (χ1n) is 2.44. The first-order chi connectivity index (χ1) is 4.31. The molecule has 0 fully saturated rings. The minimum atomic E-state index is 0.0185. The van der Waals surface area contributed by atoms with E-state index < -0.39 is 0 Å². The first-order valence-corrected chi connectivity index (χ1v) is 3.32. The van der Waals surface area contributed by atoms with Gasteiger partial charge in [-0.15, -0.1) is 5.84 Å². The maximum Gasteiger partial charge on any atom is 0.244 e. The summed E-state index contributed by atoms with van der Waals surface area (Å²) in [5.41, 5.74) is 1.72. The highest BCUT2D eigenvalue weighted by Crippen LogP contribution is 2.30. The van der Waals surface area contributed by atoms with E-state index in [2.05, 4.69) is 10.1 Å². The molecule has 2 heterocycles. The Balaban J connectivity index is 2.50. The number of nitrogens with zero attached hydrogens (tertiary/aromatic N) is 3.